The van der Waals surface area contributed by atoms with Crippen molar-refractivity contribution in [2.75, 3.05) is 50.0 Å². The average molecular weight is 376 g/mol. The Hall–Kier alpha value is -2.22. The molecule has 138 valence electrons. The molecule has 1 aliphatic heterocycles. The smallest absolute Gasteiger partial charge is 0.275 e. The van der Waals surface area contributed by atoms with Crippen molar-refractivity contribution in [1.29, 1.82) is 0 Å². The van der Waals surface area contributed by atoms with Gasteiger partial charge in [0, 0.05) is 36.9 Å². The van der Waals surface area contributed by atoms with Gasteiger partial charge in [-0.15, -0.1) is 0 Å². The van der Waals surface area contributed by atoms with Crippen molar-refractivity contribution in [3.8, 4) is 0 Å². The number of rotatable bonds is 6. The first kappa shape index (κ1) is 18.6. The average Bonchev–Trinajstić information content (AvgIpc) is 2.67. The standard InChI is InChI=1S/C18H22ClN5O2/c1-13-14(19)3-2-4-15(13)23-18(25)16-11-22-17(12-21-16)20-5-6-24-7-9-26-10-8-24/h2-4,11-12H,5-10H2,1H3,(H,20,22)(H,23,25). The van der Waals surface area contributed by atoms with Gasteiger partial charge in [0.2, 0.25) is 0 Å². The van der Waals surface area contributed by atoms with E-state index in [-0.39, 0.29) is 11.6 Å². The summed E-state index contributed by atoms with van der Waals surface area (Å²) in [6.07, 6.45) is 3.03. The number of morpholine rings is 1. The molecular formula is C18H22ClN5O2. The molecule has 1 aromatic heterocycles. The molecule has 0 spiro atoms. The van der Waals surface area contributed by atoms with Gasteiger partial charge < -0.3 is 15.4 Å². The number of nitrogens with zero attached hydrogens (tertiary/aromatic N) is 3. The lowest BCUT2D eigenvalue weighted by molar-refractivity contribution is 0.0398. The second-order valence-electron chi connectivity index (χ2n) is 6.03. The zero-order chi connectivity index (χ0) is 18.4. The van der Waals surface area contributed by atoms with E-state index in [1.54, 1.807) is 24.4 Å². The third-order valence-corrected chi connectivity index (χ3v) is 4.65. The van der Waals surface area contributed by atoms with E-state index in [4.69, 9.17) is 16.3 Å². The maximum atomic E-state index is 12.3. The number of carbonyl (C=O) groups excluding carboxylic acids is 1. The Balaban J connectivity index is 1.51. The second-order valence-corrected chi connectivity index (χ2v) is 6.44. The van der Waals surface area contributed by atoms with E-state index in [9.17, 15) is 4.79 Å². The fourth-order valence-corrected chi connectivity index (χ4v) is 2.81. The van der Waals surface area contributed by atoms with E-state index >= 15 is 0 Å². The van der Waals surface area contributed by atoms with Crippen LogP contribution in [-0.2, 0) is 4.74 Å². The summed E-state index contributed by atoms with van der Waals surface area (Å²) in [5.41, 5.74) is 1.73. The minimum Gasteiger partial charge on any atom is -0.379 e. The Kier molecular flexibility index (Phi) is 6.38. The van der Waals surface area contributed by atoms with Crippen LogP contribution in [0.5, 0.6) is 0 Å². The molecule has 0 aliphatic carbocycles. The van der Waals surface area contributed by atoms with Gasteiger partial charge in [0.1, 0.15) is 11.5 Å². The Morgan fingerprint density at radius 1 is 1.27 bits per heavy atom. The Morgan fingerprint density at radius 3 is 2.81 bits per heavy atom. The van der Waals surface area contributed by atoms with Gasteiger partial charge in [0.25, 0.3) is 5.91 Å². The van der Waals surface area contributed by atoms with Crippen LogP contribution in [0.1, 0.15) is 16.1 Å². The first-order valence-corrected chi connectivity index (χ1v) is 8.94. The molecule has 3 rings (SSSR count). The summed E-state index contributed by atoms with van der Waals surface area (Å²) in [7, 11) is 0. The van der Waals surface area contributed by atoms with Crippen LogP contribution in [0.4, 0.5) is 11.5 Å². The Morgan fingerprint density at radius 2 is 2.08 bits per heavy atom. The van der Waals surface area contributed by atoms with E-state index in [1.165, 1.54) is 6.20 Å². The summed E-state index contributed by atoms with van der Waals surface area (Å²) < 4.78 is 5.33. The highest BCUT2D eigenvalue weighted by Gasteiger charge is 2.12. The lowest BCUT2D eigenvalue weighted by atomic mass is 10.2. The molecular weight excluding hydrogens is 354 g/mol. The van der Waals surface area contributed by atoms with E-state index in [0.29, 0.717) is 16.5 Å². The van der Waals surface area contributed by atoms with Crippen molar-refractivity contribution in [1.82, 2.24) is 14.9 Å². The number of benzene rings is 1. The van der Waals surface area contributed by atoms with Crippen LogP contribution in [-0.4, -0.2) is 60.2 Å². The molecule has 1 amide bonds. The topological polar surface area (TPSA) is 79.4 Å². The number of hydrogen-bond donors (Lipinski definition) is 2. The highest BCUT2D eigenvalue weighted by atomic mass is 35.5. The van der Waals surface area contributed by atoms with Crippen molar-refractivity contribution in [3.63, 3.8) is 0 Å². The first-order chi connectivity index (χ1) is 12.6. The molecule has 2 aromatic rings. The molecule has 1 fully saturated rings. The van der Waals surface area contributed by atoms with Crippen LogP contribution in [0.25, 0.3) is 0 Å². The fourth-order valence-electron chi connectivity index (χ4n) is 2.63. The molecule has 1 aliphatic rings. The predicted octanol–water partition coefficient (Wildman–Crippen LogP) is 2.43. The highest BCUT2D eigenvalue weighted by molar-refractivity contribution is 6.31. The van der Waals surface area contributed by atoms with Gasteiger partial charge in [0.05, 0.1) is 25.6 Å². The van der Waals surface area contributed by atoms with Gasteiger partial charge in [-0.3, -0.25) is 9.69 Å². The maximum absolute atomic E-state index is 12.3. The van der Waals surface area contributed by atoms with Crippen LogP contribution in [0.3, 0.4) is 0 Å². The summed E-state index contributed by atoms with van der Waals surface area (Å²) in [4.78, 5) is 23.1. The van der Waals surface area contributed by atoms with Gasteiger partial charge in [-0.1, -0.05) is 17.7 Å². The van der Waals surface area contributed by atoms with Crippen molar-refractivity contribution < 1.29 is 9.53 Å². The zero-order valence-corrected chi connectivity index (χ0v) is 15.4. The minimum absolute atomic E-state index is 0.253. The normalized spacial score (nSPS) is 14.8. The van der Waals surface area contributed by atoms with Gasteiger partial charge >= 0.3 is 0 Å². The second kappa shape index (κ2) is 8.93. The van der Waals surface area contributed by atoms with Crippen LogP contribution in [0, 0.1) is 6.92 Å². The number of anilines is 2. The van der Waals surface area contributed by atoms with Crippen molar-refractivity contribution in [2.24, 2.45) is 0 Å². The van der Waals surface area contributed by atoms with Crippen LogP contribution in [0.15, 0.2) is 30.6 Å². The van der Waals surface area contributed by atoms with Crippen LogP contribution >= 0.6 is 11.6 Å². The monoisotopic (exact) mass is 375 g/mol. The van der Waals surface area contributed by atoms with E-state index < -0.39 is 0 Å². The van der Waals surface area contributed by atoms with Gasteiger partial charge in [0.15, 0.2) is 0 Å². The molecule has 0 unspecified atom stereocenters. The Bertz CT molecular complexity index is 748. The fraction of sp³-hybridized carbons (Fsp3) is 0.389. The number of halogens is 1. The summed E-state index contributed by atoms with van der Waals surface area (Å²) >= 11 is 6.07. The van der Waals surface area contributed by atoms with Gasteiger partial charge in [-0.25, -0.2) is 9.97 Å². The number of aromatic nitrogens is 2. The zero-order valence-electron chi connectivity index (χ0n) is 14.7. The summed E-state index contributed by atoms with van der Waals surface area (Å²) in [5.74, 6) is 0.330. The minimum atomic E-state index is -0.317. The number of hydrogen-bond acceptors (Lipinski definition) is 6. The predicted molar refractivity (Wildman–Crippen MR) is 102 cm³/mol. The SMILES string of the molecule is Cc1c(Cl)cccc1NC(=O)c1cnc(NCCN2CCOCC2)cn1. The van der Waals surface area contributed by atoms with Crippen LogP contribution < -0.4 is 10.6 Å². The molecule has 0 atom stereocenters. The maximum Gasteiger partial charge on any atom is 0.275 e. The molecule has 0 saturated carbocycles. The quantitative estimate of drug-likeness (QED) is 0.807. The van der Waals surface area contributed by atoms with E-state index in [2.05, 4.69) is 25.5 Å². The summed E-state index contributed by atoms with van der Waals surface area (Å²) in [5, 5.41) is 6.63. The molecule has 0 bridgehead atoms. The lowest BCUT2D eigenvalue weighted by Gasteiger charge is -2.26. The first-order valence-electron chi connectivity index (χ1n) is 8.56. The van der Waals surface area contributed by atoms with Gasteiger partial charge in [-0.05, 0) is 24.6 Å². The number of nitrogens with one attached hydrogen (secondary N) is 2. The van der Waals surface area contributed by atoms with Crippen molar-refractivity contribution >= 4 is 29.0 Å². The molecule has 1 saturated heterocycles. The number of carbonyl (C=O) groups is 1. The molecule has 0 radical (unpaired) electrons. The highest BCUT2D eigenvalue weighted by Crippen LogP contribution is 2.23. The molecule has 2 N–H and O–H groups in total. The number of ether oxygens (including phenoxy) is 1. The Labute approximate surface area is 157 Å². The number of amides is 1. The van der Waals surface area contributed by atoms with E-state index in [1.807, 2.05) is 6.92 Å². The molecule has 2 heterocycles. The van der Waals surface area contributed by atoms with E-state index in [0.717, 1.165) is 45.0 Å². The third kappa shape index (κ3) is 4.91. The largest absolute Gasteiger partial charge is 0.379 e. The lowest BCUT2D eigenvalue weighted by Crippen LogP contribution is -2.39. The molecule has 26 heavy (non-hydrogen) atoms. The summed E-state index contributed by atoms with van der Waals surface area (Å²) in [6.45, 7) is 7.02. The van der Waals surface area contributed by atoms with Crippen molar-refractivity contribution in [3.05, 3.63) is 46.9 Å². The third-order valence-electron chi connectivity index (χ3n) is 4.24. The summed E-state index contributed by atoms with van der Waals surface area (Å²) in [6, 6.07) is 5.37. The van der Waals surface area contributed by atoms with Crippen molar-refractivity contribution in [2.45, 2.75) is 6.92 Å². The van der Waals surface area contributed by atoms with Crippen LogP contribution in [0.2, 0.25) is 5.02 Å². The molecule has 8 heteroatoms. The molecule has 7 nitrogen and oxygen atoms in total. The van der Waals surface area contributed by atoms with Gasteiger partial charge in [-0.2, -0.15) is 0 Å². The molecule has 1 aromatic carbocycles.